The molecule has 162 valence electrons. The number of aromatic hydroxyl groups is 1. The van der Waals surface area contributed by atoms with Crippen molar-refractivity contribution >= 4 is 10.0 Å². The minimum atomic E-state index is -4.75. The van der Waals surface area contributed by atoms with Crippen molar-refractivity contribution in [2.75, 3.05) is 6.79 Å². The van der Waals surface area contributed by atoms with Crippen molar-refractivity contribution in [2.45, 2.75) is 17.1 Å². The number of ether oxygens (including phenoxy) is 2. The molecule has 1 aliphatic heterocycles. The second kappa shape index (κ2) is 7.78. The molecule has 2 N–H and O–H groups in total. The second-order valence-electron chi connectivity index (χ2n) is 6.72. The van der Waals surface area contributed by atoms with Gasteiger partial charge in [-0.1, -0.05) is 36.4 Å². The number of fused-ring (bicyclic) bond motifs is 1. The maximum atomic E-state index is 13.7. The van der Waals surface area contributed by atoms with Gasteiger partial charge in [-0.05, 0) is 29.8 Å². The Kier molecular flexibility index (Phi) is 5.28. The number of phenolic OH excluding ortho intramolecular Hbond substituents is 1. The van der Waals surface area contributed by atoms with E-state index in [4.69, 9.17) is 9.47 Å². The molecule has 1 unspecified atom stereocenters. The molecule has 0 bridgehead atoms. The molecule has 3 aromatic carbocycles. The lowest BCUT2D eigenvalue weighted by Crippen LogP contribution is -2.31. The fraction of sp³-hybridized carbons (Fsp3) is 0.143. The number of rotatable bonds is 5. The zero-order valence-corrected chi connectivity index (χ0v) is 16.6. The van der Waals surface area contributed by atoms with Crippen LogP contribution < -0.4 is 14.2 Å². The first kappa shape index (κ1) is 21.0. The smallest absolute Gasteiger partial charge is 0.416 e. The molecule has 0 spiro atoms. The van der Waals surface area contributed by atoms with Gasteiger partial charge in [0.1, 0.15) is 5.75 Å². The average Bonchev–Trinajstić information content (AvgIpc) is 3.19. The molecular weight excluding hydrogens is 435 g/mol. The van der Waals surface area contributed by atoms with Crippen LogP contribution in [0.4, 0.5) is 13.2 Å². The summed E-state index contributed by atoms with van der Waals surface area (Å²) in [4.78, 5) is -0.135. The van der Waals surface area contributed by atoms with Gasteiger partial charge in [-0.3, -0.25) is 0 Å². The Hall–Kier alpha value is -3.24. The van der Waals surface area contributed by atoms with E-state index in [-0.39, 0.29) is 34.3 Å². The standard InChI is InChI=1S/C21H16F3NO5S/c22-21(23,24)16-9-5-4-8-14(16)20(25-31(27,28)13-6-2-1-3-7-13)15-10-18-19(11-17(15)26)30-12-29-18/h1-11,20,25-26H,12H2. The highest BCUT2D eigenvalue weighted by molar-refractivity contribution is 7.89. The number of sulfonamides is 1. The van der Waals surface area contributed by atoms with Crippen LogP contribution in [0.15, 0.2) is 71.6 Å². The van der Waals surface area contributed by atoms with Crippen molar-refractivity contribution in [1.29, 1.82) is 0 Å². The molecule has 0 amide bonds. The van der Waals surface area contributed by atoms with E-state index in [0.717, 1.165) is 12.1 Å². The van der Waals surface area contributed by atoms with E-state index >= 15 is 0 Å². The van der Waals surface area contributed by atoms with E-state index in [1.807, 2.05) is 0 Å². The molecule has 1 atom stereocenters. The third-order valence-electron chi connectivity index (χ3n) is 4.74. The zero-order chi connectivity index (χ0) is 22.2. The summed E-state index contributed by atoms with van der Waals surface area (Å²) in [5.74, 6) is -0.0572. The molecular formula is C21H16F3NO5S. The van der Waals surface area contributed by atoms with Gasteiger partial charge in [0.05, 0.1) is 16.5 Å². The van der Waals surface area contributed by atoms with E-state index in [1.165, 1.54) is 48.5 Å². The predicted octanol–water partition coefficient (Wildman–Crippen LogP) is 4.21. The molecule has 4 rings (SSSR count). The molecule has 10 heteroatoms. The van der Waals surface area contributed by atoms with Crippen LogP contribution in [0.1, 0.15) is 22.7 Å². The summed E-state index contributed by atoms with van der Waals surface area (Å²) in [5, 5.41) is 10.5. The van der Waals surface area contributed by atoms with Crippen LogP contribution in [0.3, 0.4) is 0 Å². The lowest BCUT2D eigenvalue weighted by Gasteiger charge is -2.24. The predicted molar refractivity (Wildman–Crippen MR) is 104 cm³/mol. The highest BCUT2D eigenvalue weighted by Gasteiger charge is 2.37. The van der Waals surface area contributed by atoms with E-state index in [1.54, 1.807) is 6.07 Å². The highest BCUT2D eigenvalue weighted by atomic mass is 32.2. The molecule has 3 aromatic rings. The summed E-state index contributed by atoms with van der Waals surface area (Å²) in [6.07, 6.45) is -4.75. The summed E-state index contributed by atoms with van der Waals surface area (Å²) >= 11 is 0. The monoisotopic (exact) mass is 451 g/mol. The van der Waals surface area contributed by atoms with Gasteiger partial charge in [0.15, 0.2) is 11.5 Å². The first-order chi connectivity index (χ1) is 14.7. The van der Waals surface area contributed by atoms with Crippen molar-refractivity contribution in [2.24, 2.45) is 0 Å². The zero-order valence-electron chi connectivity index (χ0n) is 15.8. The lowest BCUT2D eigenvalue weighted by molar-refractivity contribution is -0.138. The summed E-state index contributed by atoms with van der Waals surface area (Å²) in [6, 6.07) is 12.7. The molecule has 0 radical (unpaired) electrons. The molecule has 31 heavy (non-hydrogen) atoms. The van der Waals surface area contributed by atoms with Crippen molar-refractivity contribution in [3.63, 3.8) is 0 Å². The normalized spacial score (nSPS) is 14.4. The first-order valence-corrected chi connectivity index (χ1v) is 10.5. The van der Waals surface area contributed by atoms with Crippen LogP contribution in [0, 0.1) is 0 Å². The van der Waals surface area contributed by atoms with Gasteiger partial charge in [-0.25, -0.2) is 8.42 Å². The summed E-state index contributed by atoms with van der Waals surface area (Å²) in [6.45, 7) is -0.127. The lowest BCUT2D eigenvalue weighted by atomic mass is 9.94. The van der Waals surface area contributed by atoms with Crippen LogP contribution >= 0.6 is 0 Å². The van der Waals surface area contributed by atoms with Crippen molar-refractivity contribution in [3.8, 4) is 17.2 Å². The number of halogens is 3. The number of benzene rings is 3. The van der Waals surface area contributed by atoms with E-state index in [9.17, 15) is 26.7 Å². The molecule has 0 fully saturated rings. The van der Waals surface area contributed by atoms with Crippen LogP contribution in [0.2, 0.25) is 0 Å². The third-order valence-corrected chi connectivity index (χ3v) is 6.18. The minimum Gasteiger partial charge on any atom is -0.507 e. The Balaban J connectivity index is 1.89. The van der Waals surface area contributed by atoms with E-state index in [2.05, 4.69) is 4.72 Å². The number of hydrogen-bond donors (Lipinski definition) is 2. The van der Waals surface area contributed by atoms with Gasteiger partial charge in [0.2, 0.25) is 16.8 Å². The molecule has 0 aromatic heterocycles. The molecule has 0 saturated heterocycles. The Labute approximate surface area is 175 Å². The van der Waals surface area contributed by atoms with Gasteiger partial charge in [-0.15, -0.1) is 0 Å². The number of hydrogen-bond acceptors (Lipinski definition) is 5. The van der Waals surface area contributed by atoms with Crippen LogP contribution in [0.25, 0.3) is 0 Å². The first-order valence-electron chi connectivity index (χ1n) is 9.03. The van der Waals surface area contributed by atoms with E-state index in [0.29, 0.717) is 0 Å². The molecule has 0 aliphatic carbocycles. The van der Waals surface area contributed by atoms with Gasteiger partial charge in [0, 0.05) is 11.6 Å². The van der Waals surface area contributed by atoms with Crippen LogP contribution in [-0.2, 0) is 16.2 Å². The topological polar surface area (TPSA) is 84.9 Å². The average molecular weight is 451 g/mol. The van der Waals surface area contributed by atoms with Crippen molar-refractivity contribution < 1.29 is 36.2 Å². The quantitative estimate of drug-likeness (QED) is 0.607. The Morgan fingerprint density at radius 1 is 0.903 bits per heavy atom. The number of alkyl halides is 3. The van der Waals surface area contributed by atoms with Gasteiger partial charge < -0.3 is 14.6 Å². The van der Waals surface area contributed by atoms with Crippen LogP contribution in [0.5, 0.6) is 17.2 Å². The molecule has 6 nitrogen and oxygen atoms in total. The SMILES string of the molecule is O=S(=O)(NC(c1cc2c(cc1O)OCO2)c1ccccc1C(F)(F)F)c1ccccc1. The van der Waals surface area contributed by atoms with Gasteiger partial charge in [-0.2, -0.15) is 17.9 Å². The van der Waals surface area contributed by atoms with Crippen molar-refractivity contribution in [1.82, 2.24) is 4.72 Å². The maximum absolute atomic E-state index is 13.7. The summed E-state index contributed by atoms with van der Waals surface area (Å²) in [5.41, 5.74) is -1.52. The number of nitrogens with one attached hydrogen (secondary N) is 1. The minimum absolute atomic E-state index is 0.111. The van der Waals surface area contributed by atoms with Crippen molar-refractivity contribution in [3.05, 3.63) is 83.4 Å². The highest BCUT2D eigenvalue weighted by Crippen LogP contribution is 2.44. The second-order valence-corrected chi connectivity index (χ2v) is 8.43. The molecule has 1 heterocycles. The molecule has 1 aliphatic rings. The maximum Gasteiger partial charge on any atom is 0.416 e. The van der Waals surface area contributed by atoms with E-state index < -0.39 is 33.6 Å². The molecule has 0 saturated carbocycles. The van der Waals surface area contributed by atoms with Gasteiger partial charge >= 0.3 is 6.18 Å². The summed E-state index contributed by atoms with van der Waals surface area (Å²) in [7, 11) is -4.25. The third kappa shape index (κ3) is 4.17. The fourth-order valence-corrected chi connectivity index (χ4v) is 4.52. The Bertz CT molecular complexity index is 1210. The fourth-order valence-electron chi connectivity index (χ4n) is 3.30. The number of phenols is 1. The Morgan fingerprint density at radius 3 is 2.19 bits per heavy atom. The summed E-state index contributed by atoms with van der Waals surface area (Å²) < 4.78 is 79.8. The Morgan fingerprint density at radius 2 is 1.52 bits per heavy atom. The largest absolute Gasteiger partial charge is 0.507 e. The van der Waals surface area contributed by atoms with Crippen LogP contribution in [-0.4, -0.2) is 20.3 Å². The van der Waals surface area contributed by atoms with Gasteiger partial charge in [0.25, 0.3) is 0 Å².